The molecule has 24 heavy (non-hydrogen) atoms. The van der Waals surface area contributed by atoms with Crippen LogP contribution >= 0.6 is 15.9 Å². The number of nitrogens with one attached hydrogen (secondary N) is 1. The molecular weight excluding hydrogens is 368 g/mol. The van der Waals surface area contributed by atoms with Gasteiger partial charge in [0.1, 0.15) is 12.3 Å². The third-order valence-corrected chi connectivity index (χ3v) is 4.31. The lowest BCUT2D eigenvalue weighted by Gasteiger charge is -2.12. The molecule has 0 saturated heterocycles. The largest absolute Gasteiger partial charge is 0.492 e. The van der Waals surface area contributed by atoms with Gasteiger partial charge >= 0.3 is 0 Å². The first-order valence-electron chi connectivity index (χ1n) is 7.85. The van der Waals surface area contributed by atoms with E-state index in [1.165, 1.54) is 5.39 Å². The standard InChI is InChI=1S/C19H19BrN2O2/c1-3-24-18-9-8-14(20)10-16(18)21-19(23)12-22-11-13(2)15-6-4-5-7-17(15)22/h4-11H,3,12H2,1-2H3,(H,21,23). The van der Waals surface area contributed by atoms with Crippen LogP contribution in [0, 0.1) is 6.92 Å². The molecule has 1 N–H and O–H groups in total. The average Bonchev–Trinajstić information content (AvgIpc) is 2.87. The number of amides is 1. The van der Waals surface area contributed by atoms with Crippen molar-refractivity contribution >= 4 is 38.4 Å². The Kier molecular flexibility index (Phi) is 4.90. The Morgan fingerprint density at radius 2 is 2.04 bits per heavy atom. The molecule has 0 aliphatic rings. The van der Waals surface area contributed by atoms with Gasteiger partial charge in [-0.05, 0) is 43.7 Å². The number of halogens is 1. The average molecular weight is 387 g/mol. The zero-order chi connectivity index (χ0) is 17.1. The van der Waals surface area contributed by atoms with Crippen molar-refractivity contribution in [2.45, 2.75) is 20.4 Å². The molecule has 0 fully saturated rings. The van der Waals surface area contributed by atoms with Gasteiger partial charge in [-0.1, -0.05) is 34.1 Å². The summed E-state index contributed by atoms with van der Waals surface area (Å²) < 4.78 is 8.44. The first-order valence-corrected chi connectivity index (χ1v) is 8.64. The summed E-state index contributed by atoms with van der Waals surface area (Å²) in [5, 5.41) is 4.11. The summed E-state index contributed by atoms with van der Waals surface area (Å²) in [6.45, 7) is 4.78. The van der Waals surface area contributed by atoms with E-state index in [0.717, 1.165) is 15.6 Å². The lowest BCUT2D eigenvalue weighted by atomic mass is 10.2. The lowest BCUT2D eigenvalue weighted by molar-refractivity contribution is -0.116. The number of hydrogen-bond donors (Lipinski definition) is 1. The van der Waals surface area contributed by atoms with E-state index in [1.54, 1.807) is 0 Å². The fraction of sp³-hybridized carbons (Fsp3) is 0.211. The van der Waals surface area contributed by atoms with Crippen LogP contribution in [0.3, 0.4) is 0 Å². The molecule has 4 nitrogen and oxygen atoms in total. The Hall–Kier alpha value is -2.27. The molecule has 3 rings (SSSR count). The summed E-state index contributed by atoms with van der Waals surface area (Å²) in [6.07, 6.45) is 2.01. The number of ether oxygens (including phenoxy) is 1. The minimum atomic E-state index is -0.0881. The second-order valence-corrected chi connectivity index (χ2v) is 6.49. The number of anilines is 1. The van der Waals surface area contributed by atoms with Gasteiger partial charge in [0.2, 0.25) is 5.91 Å². The molecule has 3 aromatic rings. The van der Waals surface area contributed by atoms with E-state index >= 15 is 0 Å². The number of carbonyl (C=O) groups excluding carboxylic acids is 1. The first-order chi connectivity index (χ1) is 11.6. The predicted molar refractivity (Wildman–Crippen MR) is 101 cm³/mol. The predicted octanol–water partition coefficient (Wildman–Crippen LogP) is 4.75. The van der Waals surface area contributed by atoms with Crippen molar-refractivity contribution in [2.24, 2.45) is 0 Å². The van der Waals surface area contributed by atoms with Crippen molar-refractivity contribution in [2.75, 3.05) is 11.9 Å². The van der Waals surface area contributed by atoms with Gasteiger partial charge in [-0.25, -0.2) is 0 Å². The van der Waals surface area contributed by atoms with Crippen molar-refractivity contribution < 1.29 is 9.53 Å². The van der Waals surface area contributed by atoms with Gasteiger partial charge in [0.25, 0.3) is 0 Å². The minimum absolute atomic E-state index is 0.0881. The number of fused-ring (bicyclic) bond motifs is 1. The lowest BCUT2D eigenvalue weighted by Crippen LogP contribution is -2.18. The van der Waals surface area contributed by atoms with Crippen molar-refractivity contribution in [3.05, 3.63) is 58.7 Å². The summed E-state index contributed by atoms with van der Waals surface area (Å²) in [4.78, 5) is 12.5. The van der Waals surface area contributed by atoms with Crippen LogP contribution < -0.4 is 10.1 Å². The Labute approximate surface area is 149 Å². The molecule has 0 bridgehead atoms. The van der Waals surface area contributed by atoms with Gasteiger partial charge in [0, 0.05) is 21.6 Å². The highest BCUT2D eigenvalue weighted by Crippen LogP contribution is 2.28. The third kappa shape index (κ3) is 3.46. The number of aromatic nitrogens is 1. The van der Waals surface area contributed by atoms with Crippen LogP contribution in [-0.4, -0.2) is 17.1 Å². The van der Waals surface area contributed by atoms with Gasteiger partial charge in [-0.2, -0.15) is 0 Å². The van der Waals surface area contributed by atoms with Gasteiger partial charge < -0.3 is 14.6 Å². The molecule has 0 unspecified atom stereocenters. The summed E-state index contributed by atoms with van der Waals surface area (Å²) >= 11 is 3.43. The molecule has 0 radical (unpaired) electrons. The maximum absolute atomic E-state index is 12.5. The minimum Gasteiger partial charge on any atom is -0.492 e. The highest BCUT2D eigenvalue weighted by atomic mass is 79.9. The van der Waals surface area contributed by atoms with Crippen LogP contribution in [0.15, 0.2) is 53.1 Å². The van der Waals surface area contributed by atoms with Gasteiger partial charge in [-0.3, -0.25) is 4.79 Å². The second-order valence-electron chi connectivity index (χ2n) is 5.58. The van der Waals surface area contributed by atoms with Crippen molar-refractivity contribution in [3.63, 3.8) is 0 Å². The number of para-hydroxylation sites is 1. The summed E-state index contributed by atoms with van der Waals surface area (Å²) in [6, 6.07) is 13.7. The number of rotatable bonds is 5. The third-order valence-electron chi connectivity index (χ3n) is 3.82. The van der Waals surface area contributed by atoms with E-state index in [-0.39, 0.29) is 12.5 Å². The molecule has 1 amide bonds. The monoisotopic (exact) mass is 386 g/mol. The molecule has 1 aromatic heterocycles. The zero-order valence-corrected chi connectivity index (χ0v) is 15.3. The molecular formula is C19H19BrN2O2. The van der Waals surface area contributed by atoms with E-state index in [1.807, 2.05) is 54.1 Å². The first kappa shape index (κ1) is 16.6. The fourth-order valence-corrected chi connectivity index (χ4v) is 3.15. The number of carbonyl (C=O) groups is 1. The van der Waals surface area contributed by atoms with E-state index in [2.05, 4.69) is 34.2 Å². The van der Waals surface area contributed by atoms with Crippen LogP contribution in [-0.2, 0) is 11.3 Å². The number of hydrogen-bond acceptors (Lipinski definition) is 2. The quantitative estimate of drug-likeness (QED) is 0.687. The van der Waals surface area contributed by atoms with Crippen molar-refractivity contribution in [3.8, 4) is 5.75 Å². The maximum atomic E-state index is 12.5. The van der Waals surface area contributed by atoms with Crippen LogP contribution in [0.5, 0.6) is 5.75 Å². The van der Waals surface area contributed by atoms with Gasteiger partial charge in [0.05, 0.1) is 12.3 Å². The Morgan fingerprint density at radius 1 is 1.25 bits per heavy atom. The maximum Gasteiger partial charge on any atom is 0.244 e. The van der Waals surface area contributed by atoms with E-state index in [4.69, 9.17) is 4.74 Å². The number of benzene rings is 2. The van der Waals surface area contributed by atoms with Crippen molar-refractivity contribution in [1.82, 2.24) is 4.57 Å². The number of nitrogens with zero attached hydrogens (tertiary/aromatic N) is 1. The van der Waals surface area contributed by atoms with Gasteiger partial charge in [0.15, 0.2) is 0 Å². The Morgan fingerprint density at radius 3 is 2.83 bits per heavy atom. The molecule has 0 aliphatic carbocycles. The molecule has 5 heteroatoms. The number of aryl methyl sites for hydroxylation is 1. The molecule has 0 aliphatic heterocycles. The Balaban J connectivity index is 1.82. The fourth-order valence-electron chi connectivity index (χ4n) is 2.79. The smallest absolute Gasteiger partial charge is 0.244 e. The highest BCUT2D eigenvalue weighted by Gasteiger charge is 2.11. The van der Waals surface area contributed by atoms with Crippen LogP contribution in [0.1, 0.15) is 12.5 Å². The molecule has 0 spiro atoms. The molecule has 2 aromatic carbocycles. The summed E-state index contributed by atoms with van der Waals surface area (Å²) in [5.41, 5.74) is 2.89. The highest BCUT2D eigenvalue weighted by molar-refractivity contribution is 9.10. The van der Waals surface area contributed by atoms with Gasteiger partial charge in [-0.15, -0.1) is 0 Å². The molecule has 124 valence electrons. The van der Waals surface area contributed by atoms with Crippen LogP contribution in [0.2, 0.25) is 0 Å². The van der Waals surface area contributed by atoms with Crippen LogP contribution in [0.25, 0.3) is 10.9 Å². The summed E-state index contributed by atoms with van der Waals surface area (Å²) in [5.74, 6) is 0.581. The van der Waals surface area contributed by atoms with E-state index in [9.17, 15) is 4.79 Å². The van der Waals surface area contributed by atoms with E-state index < -0.39 is 0 Å². The van der Waals surface area contributed by atoms with Crippen LogP contribution in [0.4, 0.5) is 5.69 Å². The molecule has 1 heterocycles. The topological polar surface area (TPSA) is 43.3 Å². The Bertz CT molecular complexity index is 886. The molecule has 0 saturated carbocycles. The molecule has 0 atom stereocenters. The normalized spacial score (nSPS) is 10.8. The van der Waals surface area contributed by atoms with E-state index in [0.29, 0.717) is 18.0 Å². The zero-order valence-electron chi connectivity index (χ0n) is 13.7. The summed E-state index contributed by atoms with van der Waals surface area (Å²) in [7, 11) is 0. The van der Waals surface area contributed by atoms with Crippen molar-refractivity contribution in [1.29, 1.82) is 0 Å². The SMILES string of the molecule is CCOc1ccc(Br)cc1NC(=O)Cn1cc(C)c2ccccc21. The second kappa shape index (κ2) is 7.09.